The summed E-state index contributed by atoms with van der Waals surface area (Å²) in [4.78, 5) is 2.30. The van der Waals surface area contributed by atoms with Crippen molar-refractivity contribution in [2.24, 2.45) is 5.92 Å². The summed E-state index contributed by atoms with van der Waals surface area (Å²) < 4.78 is 5.09. The van der Waals surface area contributed by atoms with Crippen LogP contribution in [0, 0.1) is 5.92 Å². The fraction of sp³-hybridized carbons (Fsp3) is 1.00. The highest BCUT2D eigenvalue weighted by Crippen LogP contribution is 2.09. The molecule has 0 aromatic rings. The molecule has 3 heteroatoms. The third-order valence-electron chi connectivity index (χ3n) is 2.99. The molecule has 3 nitrogen and oxygen atoms in total. The van der Waals surface area contributed by atoms with Crippen LogP contribution in [0.2, 0.25) is 0 Å². The predicted octanol–water partition coefficient (Wildman–Crippen LogP) is 1.75. The second-order valence-corrected chi connectivity index (χ2v) is 4.56. The van der Waals surface area contributed by atoms with Crippen molar-refractivity contribution in [2.75, 3.05) is 26.8 Å². The number of methoxy groups -OCH3 is 1. The summed E-state index contributed by atoms with van der Waals surface area (Å²) in [5, 5.41) is 9.86. The Bertz CT molecular complexity index is 151. The van der Waals surface area contributed by atoms with Crippen LogP contribution in [0.5, 0.6) is 0 Å². The molecule has 0 aliphatic heterocycles. The van der Waals surface area contributed by atoms with Gasteiger partial charge in [-0.3, -0.25) is 4.90 Å². The van der Waals surface area contributed by atoms with E-state index < -0.39 is 0 Å². The van der Waals surface area contributed by atoms with Gasteiger partial charge in [-0.05, 0) is 19.3 Å². The lowest BCUT2D eigenvalue weighted by Crippen LogP contribution is -2.42. The van der Waals surface area contributed by atoms with Crippen LogP contribution in [0.1, 0.15) is 34.1 Å². The van der Waals surface area contributed by atoms with Crippen LogP contribution >= 0.6 is 0 Å². The van der Waals surface area contributed by atoms with Crippen LogP contribution in [-0.4, -0.2) is 49.0 Å². The molecular weight excluding hydrogens is 190 g/mol. The number of hydrogen-bond acceptors (Lipinski definition) is 3. The van der Waals surface area contributed by atoms with E-state index in [1.54, 1.807) is 7.11 Å². The third kappa shape index (κ3) is 6.13. The standard InChI is InChI=1S/C12H27NO2/c1-6-11(4)13(7-8-15-5)9-12(14)10(2)3/h10-12,14H,6-9H2,1-5H3. The highest BCUT2D eigenvalue weighted by Gasteiger charge is 2.18. The SMILES string of the molecule is CCC(C)N(CCOC)CC(O)C(C)C. The minimum absolute atomic E-state index is 0.240. The Hall–Kier alpha value is -0.120. The van der Waals surface area contributed by atoms with Gasteiger partial charge in [-0.1, -0.05) is 20.8 Å². The summed E-state index contributed by atoms with van der Waals surface area (Å²) in [6.07, 6.45) is 0.866. The molecule has 0 aliphatic rings. The van der Waals surface area contributed by atoms with Crippen LogP contribution < -0.4 is 0 Å². The maximum Gasteiger partial charge on any atom is 0.0690 e. The first kappa shape index (κ1) is 14.9. The Kier molecular flexibility index (Phi) is 8.02. The summed E-state index contributed by atoms with van der Waals surface area (Å²) in [7, 11) is 1.72. The van der Waals surface area contributed by atoms with Gasteiger partial charge in [0.2, 0.25) is 0 Å². The lowest BCUT2D eigenvalue weighted by molar-refractivity contribution is 0.0448. The highest BCUT2D eigenvalue weighted by atomic mass is 16.5. The molecule has 0 amide bonds. The van der Waals surface area contributed by atoms with Gasteiger partial charge in [-0.15, -0.1) is 0 Å². The minimum atomic E-state index is -0.240. The Labute approximate surface area is 94.4 Å². The van der Waals surface area contributed by atoms with E-state index in [9.17, 15) is 5.11 Å². The Morgan fingerprint density at radius 3 is 2.27 bits per heavy atom. The third-order valence-corrected chi connectivity index (χ3v) is 2.99. The molecule has 0 fully saturated rings. The smallest absolute Gasteiger partial charge is 0.0690 e. The van der Waals surface area contributed by atoms with Crippen molar-refractivity contribution in [3.8, 4) is 0 Å². The van der Waals surface area contributed by atoms with E-state index in [2.05, 4.69) is 32.6 Å². The highest BCUT2D eigenvalue weighted by molar-refractivity contribution is 4.71. The monoisotopic (exact) mass is 217 g/mol. The van der Waals surface area contributed by atoms with Crippen molar-refractivity contribution in [3.05, 3.63) is 0 Å². The van der Waals surface area contributed by atoms with Crippen LogP contribution in [0.25, 0.3) is 0 Å². The lowest BCUT2D eigenvalue weighted by Gasteiger charge is -2.31. The molecule has 0 aromatic heterocycles. The molecule has 0 radical (unpaired) electrons. The second-order valence-electron chi connectivity index (χ2n) is 4.56. The van der Waals surface area contributed by atoms with Gasteiger partial charge >= 0.3 is 0 Å². The van der Waals surface area contributed by atoms with Gasteiger partial charge in [-0.25, -0.2) is 0 Å². The van der Waals surface area contributed by atoms with Crippen LogP contribution in [0.15, 0.2) is 0 Å². The maximum atomic E-state index is 9.86. The average molecular weight is 217 g/mol. The van der Waals surface area contributed by atoms with E-state index in [4.69, 9.17) is 4.74 Å². The van der Waals surface area contributed by atoms with Gasteiger partial charge in [0.25, 0.3) is 0 Å². The van der Waals surface area contributed by atoms with Gasteiger partial charge in [-0.2, -0.15) is 0 Å². The number of aliphatic hydroxyl groups excluding tert-OH is 1. The van der Waals surface area contributed by atoms with Crippen LogP contribution in [0.3, 0.4) is 0 Å². The molecule has 0 heterocycles. The van der Waals surface area contributed by atoms with Crippen molar-refractivity contribution in [2.45, 2.75) is 46.3 Å². The van der Waals surface area contributed by atoms with Gasteiger partial charge in [0.05, 0.1) is 12.7 Å². The van der Waals surface area contributed by atoms with E-state index in [-0.39, 0.29) is 6.10 Å². The lowest BCUT2D eigenvalue weighted by atomic mass is 10.1. The molecule has 0 rings (SSSR count). The van der Waals surface area contributed by atoms with Crippen molar-refractivity contribution < 1.29 is 9.84 Å². The number of hydrogen-bond donors (Lipinski definition) is 1. The summed E-state index contributed by atoms with van der Waals surface area (Å²) in [5.74, 6) is 0.319. The molecule has 92 valence electrons. The fourth-order valence-electron chi connectivity index (χ4n) is 1.41. The molecule has 0 aliphatic carbocycles. The van der Waals surface area contributed by atoms with Gasteiger partial charge in [0.15, 0.2) is 0 Å². The first-order chi connectivity index (χ1) is 7.02. The molecule has 0 spiro atoms. The quantitative estimate of drug-likeness (QED) is 0.672. The van der Waals surface area contributed by atoms with Gasteiger partial charge in [0.1, 0.15) is 0 Å². The van der Waals surface area contributed by atoms with Crippen molar-refractivity contribution >= 4 is 0 Å². The largest absolute Gasteiger partial charge is 0.392 e. The summed E-state index contributed by atoms with van der Waals surface area (Å²) in [5.41, 5.74) is 0. The first-order valence-electron chi connectivity index (χ1n) is 5.93. The maximum absolute atomic E-state index is 9.86. The van der Waals surface area contributed by atoms with E-state index in [0.717, 1.165) is 26.1 Å². The average Bonchev–Trinajstić information content (AvgIpc) is 2.22. The zero-order chi connectivity index (χ0) is 11.8. The van der Waals surface area contributed by atoms with E-state index in [0.29, 0.717) is 12.0 Å². The summed E-state index contributed by atoms with van der Waals surface area (Å²) in [6.45, 7) is 10.8. The molecule has 15 heavy (non-hydrogen) atoms. The van der Waals surface area contributed by atoms with E-state index in [1.165, 1.54) is 0 Å². The van der Waals surface area contributed by atoms with Crippen LogP contribution in [0.4, 0.5) is 0 Å². The van der Waals surface area contributed by atoms with Crippen LogP contribution in [-0.2, 0) is 4.74 Å². The minimum Gasteiger partial charge on any atom is -0.392 e. The van der Waals surface area contributed by atoms with E-state index in [1.807, 2.05) is 0 Å². The van der Waals surface area contributed by atoms with E-state index >= 15 is 0 Å². The topological polar surface area (TPSA) is 32.7 Å². The number of rotatable bonds is 8. The Morgan fingerprint density at radius 1 is 1.27 bits per heavy atom. The fourth-order valence-corrected chi connectivity index (χ4v) is 1.41. The van der Waals surface area contributed by atoms with Crippen molar-refractivity contribution in [3.63, 3.8) is 0 Å². The molecule has 0 bridgehead atoms. The van der Waals surface area contributed by atoms with Crippen molar-refractivity contribution in [1.82, 2.24) is 4.90 Å². The number of ether oxygens (including phenoxy) is 1. The molecule has 0 aromatic carbocycles. The summed E-state index contributed by atoms with van der Waals surface area (Å²) in [6, 6.07) is 0.508. The Morgan fingerprint density at radius 2 is 1.87 bits per heavy atom. The normalized spacial score (nSPS) is 16.0. The molecule has 0 saturated carbocycles. The Balaban J connectivity index is 4.11. The zero-order valence-electron chi connectivity index (χ0n) is 10.9. The van der Waals surface area contributed by atoms with Gasteiger partial charge in [0, 0.05) is 26.2 Å². The zero-order valence-corrected chi connectivity index (χ0v) is 10.9. The molecule has 2 unspecified atom stereocenters. The molecule has 1 N–H and O–H groups in total. The van der Waals surface area contributed by atoms with Gasteiger partial charge < -0.3 is 9.84 Å². The molecular formula is C12H27NO2. The first-order valence-corrected chi connectivity index (χ1v) is 5.93. The predicted molar refractivity (Wildman–Crippen MR) is 64.0 cm³/mol. The molecule has 2 atom stereocenters. The summed E-state index contributed by atoms with van der Waals surface area (Å²) >= 11 is 0. The number of aliphatic hydroxyl groups is 1. The molecule has 0 saturated heterocycles. The van der Waals surface area contributed by atoms with Crippen molar-refractivity contribution in [1.29, 1.82) is 0 Å². The second kappa shape index (κ2) is 8.08. The number of nitrogens with zero attached hydrogens (tertiary/aromatic N) is 1.